The van der Waals surface area contributed by atoms with Crippen LogP contribution in [0.25, 0.3) is 11.1 Å². The summed E-state index contributed by atoms with van der Waals surface area (Å²) in [5.74, 6) is 1.77. The van der Waals surface area contributed by atoms with E-state index in [9.17, 15) is 5.11 Å². The first-order valence-corrected chi connectivity index (χ1v) is 9.62. The molecule has 0 bridgehead atoms. The standard InChI is InChI=1S/C25H27O4/c1-17-10-11-18(12-13-22(26)19-8-6-5-7-9-19)21(14-17)20-15-23(27-2)25(29-4)24(16-20)28-3/h5-11,15-16,22,26H,12-13H2,1-4H3. The Morgan fingerprint density at radius 3 is 2.14 bits per heavy atom. The lowest BCUT2D eigenvalue weighted by Crippen LogP contribution is -2.01. The SMILES string of the molecule is COc1cc(-c2[c]c(C)ccc2CCC(O)c2ccccc2)cc(OC)c1OC. The highest BCUT2D eigenvalue weighted by atomic mass is 16.5. The van der Waals surface area contributed by atoms with Crippen molar-refractivity contribution in [3.63, 3.8) is 0 Å². The Labute approximate surface area is 172 Å². The third-order valence-corrected chi connectivity index (χ3v) is 5.00. The number of rotatable bonds is 8. The van der Waals surface area contributed by atoms with Crippen molar-refractivity contribution in [3.05, 3.63) is 77.4 Å². The molecular weight excluding hydrogens is 364 g/mol. The normalized spacial score (nSPS) is 11.8. The van der Waals surface area contributed by atoms with E-state index in [1.54, 1.807) is 21.3 Å². The van der Waals surface area contributed by atoms with Gasteiger partial charge >= 0.3 is 0 Å². The zero-order valence-corrected chi connectivity index (χ0v) is 17.4. The molecule has 0 aliphatic rings. The van der Waals surface area contributed by atoms with Gasteiger partial charge < -0.3 is 19.3 Å². The van der Waals surface area contributed by atoms with Crippen LogP contribution in [0.4, 0.5) is 0 Å². The Morgan fingerprint density at radius 1 is 0.897 bits per heavy atom. The first-order valence-electron chi connectivity index (χ1n) is 9.62. The molecule has 0 aliphatic carbocycles. The van der Waals surface area contributed by atoms with Crippen molar-refractivity contribution >= 4 is 0 Å². The monoisotopic (exact) mass is 391 g/mol. The van der Waals surface area contributed by atoms with Gasteiger partial charge in [-0.25, -0.2) is 0 Å². The second kappa shape index (κ2) is 9.48. The van der Waals surface area contributed by atoms with Crippen LogP contribution in [0.2, 0.25) is 0 Å². The Balaban J connectivity index is 1.95. The highest BCUT2D eigenvalue weighted by molar-refractivity contribution is 5.73. The van der Waals surface area contributed by atoms with E-state index in [0.717, 1.165) is 34.2 Å². The summed E-state index contributed by atoms with van der Waals surface area (Å²) in [7, 11) is 4.81. The number of aliphatic hydroxyl groups excluding tert-OH is 1. The first-order chi connectivity index (χ1) is 14.1. The minimum absolute atomic E-state index is 0.509. The van der Waals surface area contributed by atoms with Gasteiger partial charge in [0.25, 0.3) is 0 Å². The first kappa shape index (κ1) is 20.7. The Morgan fingerprint density at radius 2 is 1.55 bits per heavy atom. The molecule has 4 heteroatoms. The van der Waals surface area contributed by atoms with E-state index in [-0.39, 0.29) is 0 Å². The van der Waals surface area contributed by atoms with Crippen LogP contribution >= 0.6 is 0 Å². The molecule has 0 amide bonds. The van der Waals surface area contributed by atoms with Gasteiger partial charge in [0, 0.05) is 0 Å². The van der Waals surface area contributed by atoms with Gasteiger partial charge in [-0.1, -0.05) is 42.5 Å². The molecule has 0 fully saturated rings. The maximum absolute atomic E-state index is 10.6. The fourth-order valence-electron chi connectivity index (χ4n) is 3.45. The second-order valence-corrected chi connectivity index (χ2v) is 6.92. The van der Waals surface area contributed by atoms with Crippen LogP contribution in [-0.2, 0) is 6.42 Å². The minimum atomic E-state index is -0.509. The summed E-state index contributed by atoms with van der Waals surface area (Å²) in [6.45, 7) is 2.02. The molecular formula is C25H27O4. The quantitative estimate of drug-likeness (QED) is 0.577. The van der Waals surface area contributed by atoms with Gasteiger partial charge in [-0.15, -0.1) is 0 Å². The van der Waals surface area contributed by atoms with Gasteiger partial charge in [-0.3, -0.25) is 0 Å². The lowest BCUT2D eigenvalue weighted by molar-refractivity contribution is 0.168. The molecule has 151 valence electrons. The molecule has 1 atom stereocenters. The van der Waals surface area contributed by atoms with Gasteiger partial charge in [0.1, 0.15) is 0 Å². The van der Waals surface area contributed by atoms with Crippen LogP contribution < -0.4 is 14.2 Å². The summed E-state index contributed by atoms with van der Waals surface area (Å²) in [4.78, 5) is 0. The molecule has 3 aromatic carbocycles. The highest BCUT2D eigenvalue weighted by Crippen LogP contribution is 2.42. The minimum Gasteiger partial charge on any atom is -0.493 e. The topological polar surface area (TPSA) is 47.9 Å². The van der Waals surface area contributed by atoms with Crippen molar-refractivity contribution in [1.82, 2.24) is 0 Å². The maximum atomic E-state index is 10.6. The molecule has 3 rings (SSSR count). The van der Waals surface area contributed by atoms with Gasteiger partial charge in [-0.2, -0.15) is 0 Å². The summed E-state index contributed by atoms with van der Waals surface area (Å²) in [6, 6.07) is 21.2. The number of hydrogen-bond acceptors (Lipinski definition) is 4. The van der Waals surface area contributed by atoms with E-state index in [1.807, 2.05) is 55.5 Å². The highest BCUT2D eigenvalue weighted by Gasteiger charge is 2.17. The Kier molecular flexibility index (Phi) is 6.78. The molecule has 29 heavy (non-hydrogen) atoms. The van der Waals surface area contributed by atoms with E-state index in [0.29, 0.717) is 23.7 Å². The Hall–Kier alpha value is -2.98. The lowest BCUT2D eigenvalue weighted by atomic mass is 9.92. The van der Waals surface area contributed by atoms with E-state index in [4.69, 9.17) is 14.2 Å². The van der Waals surface area contributed by atoms with Crippen LogP contribution in [0.15, 0.2) is 54.6 Å². The zero-order chi connectivity index (χ0) is 20.8. The molecule has 4 nitrogen and oxygen atoms in total. The number of benzene rings is 3. The molecule has 0 saturated heterocycles. The summed E-state index contributed by atoms with van der Waals surface area (Å²) in [6.07, 6.45) is 0.835. The van der Waals surface area contributed by atoms with E-state index >= 15 is 0 Å². The molecule has 1 unspecified atom stereocenters. The van der Waals surface area contributed by atoms with E-state index < -0.39 is 6.10 Å². The van der Waals surface area contributed by atoms with Crippen molar-refractivity contribution < 1.29 is 19.3 Å². The molecule has 3 aromatic rings. The average molecular weight is 391 g/mol. The third-order valence-electron chi connectivity index (χ3n) is 5.00. The van der Waals surface area contributed by atoms with Gasteiger partial charge in [0.2, 0.25) is 5.75 Å². The number of aliphatic hydroxyl groups is 1. The average Bonchev–Trinajstić information content (AvgIpc) is 2.77. The van der Waals surface area contributed by atoms with Crippen molar-refractivity contribution in [1.29, 1.82) is 0 Å². The zero-order valence-electron chi connectivity index (χ0n) is 17.4. The number of hydrogen-bond donors (Lipinski definition) is 1. The summed E-state index contributed by atoms with van der Waals surface area (Å²) < 4.78 is 16.5. The molecule has 1 N–H and O–H groups in total. The van der Waals surface area contributed by atoms with Gasteiger partial charge in [0.15, 0.2) is 11.5 Å². The van der Waals surface area contributed by atoms with Crippen LogP contribution in [-0.4, -0.2) is 26.4 Å². The smallest absolute Gasteiger partial charge is 0.203 e. The predicted molar refractivity (Wildman–Crippen MR) is 115 cm³/mol. The number of aryl methyl sites for hydroxylation is 2. The van der Waals surface area contributed by atoms with Crippen LogP contribution in [0.5, 0.6) is 17.2 Å². The summed E-state index contributed by atoms with van der Waals surface area (Å²) in [5, 5.41) is 10.6. The number of methoxy groups -OCH3 is 3. The molecule has 0 heterocycles. The van der Waals surface area contributed by atoms with Crippen LogP contribution in [0, 0.1) is 13.0 Å². The third kappa shape index (κ3) is 4.72. The van der Waals surface area contributed by atoms with Crippen molar-refractivity contribution in [2.45, 2.75) is 25.9 Å². The fraction of sp³-hybridized carbons (Fsp3) is 0.280. The maximum Gasteiger partial charge on any atom is 0.203 e. The summed E-state index contributed by atoms with van der Waals surface area (Å²) >= 11 is 0. The predicted octanol–water partition coefficient (Wildman–Crippen LogP) is 5.15. The van der Waals surface area contributed by atoms with Gasteiger partial charge in [-0.05, 0) is 65.8 Å². The van der Waals surface area contributed by atoms with Gasteiger partial charge in [0.05, 0.1) is 27.4 Å². The summed E-state index contributed by atoms with van der Waals surface area (Å²) in [5.41, 5.74) is 5.00. The van der Waals surface area contributed by atoms with Crippen LogP contribution in [0.1, 0.15) is 29.2 Å². The molecule has 0 aliphatic heterocycles. The van der Waals surface area contributed by atoms with Crippen molar-refractivity contribution in [2.24, 2.45) is 0 Å². The second-order valence-electron chi connectivity index (χ2n) is 6.92. The molecule has 0 spiro atoms. The van der Waals surface area contributed by atoms with Crippen molar-refractivity contribution in [3.8, 4) is 28.4 Å². The Bertz CT molecular complexity index is 925. The number of ether oxygens (including phenoxy) is 3. The molecule has 0 saturated carbocycles. The fourth-order valence-corrected chi connectivity index (χ4v) is 3.45. The van der Waals surface area contributed by atoms with Crippen LogP contribution in [0.3, 0.4) is 0 Å². The molecule has 0 aromatic heterocycles. The largest absolute Gasteiger partial charge is 0.493 e. The lowest BCUT2D eigenvalue weighted by Gasteiger charge is -2.17. The van der Waals surface area contributed by atoms with E-state index in [1.165, 1.54) is 0 Å². The van der Waals surface area contributed by atoms with E-state index in [2.05, 4.69) is 12.1 Å². The van der Waals surface area contributed by atoms with Crippen molar-refractivity contribution in [2.75, 3.05) is 21.3 Å². The molecule has 1 radical (unpaired) electrons.